The molecule has 0 aliphatic carbocycles. The van der Waals surface area contributed by atoms with E-state index in [1.165, 1.54) is 24.0 Å². The van der Waals surface area contributed by atoms with Gasteiger partial charge >= 0.3 is 6.18 Å². The summed E-state index contributed by atoms with van der Waals surface area (Å²) in [5.74, 6) is 0.250. The number of nitrogens with zero attached hydrogens (tertiary/aromatic N) is 2. The minimum atomic E-state index is -4.37. The van der Waals surface area contributed by atoms with E-state index in [2.05, 4.69) is 4.98 Å². The molecule has 6 heteroatoms. The minimum Gasteiger partial charge on any atom is -0.256 e. The zero-order valence-corrected chi connectivity index (χ0v) is 9.85. The van der Waals surface area contributed by atoms with Crippen molar-refractivity contribution in [1.82, 2.24) is 4.98 Å². The molecule has 1 aromatic carbocycles. The molecule has 0 atom stereocenters. The second kappa shape index (κ2) is 4.86. The molecule has 0 saturated carbocycles. The summed E-state index contributed by atoms with van der Waals surface area (Å²) < 4.78 is 37.6. The van der Waals surface area contributed by atoms with E-state index in [0.29, 0.717) is 5.39 Å². The Morgan fingerprint density at radius 3 is 2.72 bits per heavy atom. The highest BCUT2D eigenvalue weighted by atomic mass is 32.2. The average molecular weight is 268 g/mol. The van der Waals surface area contributed by atoms with E-state index in [1.807, 2.05) is 6.07 Å². The van der Waals surface area contributed by atoms with Crippen molar-refractivity contribution in [3.63, 3.8) is 0 Å². The molecule has 0 amide bonds. The largest absolute Gasteiger partial charge is 0.416 e. The van der Waals surface area contributed by atoms with Crippen LogP contribution in [0.15, 0.2) is 35.4 Å². The molecule has 0 unspecified atom stereocenters. The van der Waals surface area contributed by atoms with E-state index in [4.69, 9.17) is 5.26 Å². The maximum Gasteiger partial charge on any atom is 0.416 e. The van der Waals surface area contributed by atoms with Gasteiger partial charge in [0.15, 0.2) is 0 Å². The normalized spacial score (nSPS) is 11.4. The van der Waals surface area contributed by atoms with Crippen molar-refractivity contribution in [3.05, 3.63) is 36.0 Å². The Morgan fingerprint density at radius 2 is 2.06 bits per heavy atom. The number of rotatable bonds is 2. The summed E-state index contributed by atoms with van der Waals surface area (Å²) in [5, 5.41) is 9.15. The molecule has 92 valence electrons. The summed E-state index contributed by atoms with van der Waals surface area (Å²) in [4.78, 5) is 4.69. The first kappa shape index (κ1) is 12.7. The second-order valence-electron chi connectivity index (χ2n) is 3.49. The van der Waals surface area contributed by atoms with Gasteiger partial charge in [-0.05, 0) is 18.2 Å². The maximum atomic E-state index is 12.5. The second-order valence-corrected chi connectivity index (χ2v) is 4.50. The monoisotopic (exact) mass is 268 g/mol. The zero-order valence-electron chi connectivity index (χ0n) is 9.03. The van der Waals surface area contributed by atoms with Crippen LogP contribution in [-0.2, 0) is 6.18 Å². The van der Waals surface area contributed by atoms with Gasteiger partial charge < -0.3 is 0 Å². The van der Waals surface area contributed by atoms with Gasteiger partial charge in [-0.2, -0.15) is 18.4 Å². The molecule has 0 aliphatic heterocycles. The van der Waals surface area contributed by atoms with Crippen molar-refractivity contribution in [2.24, 2.45) is 0 Å². The number of benzene rings is 1. The van der Waals surface area contributed by atoms with E-state index in [9.17, 15) is 13.2 Å². The van der Waals surface area contributed by atoms with Gasteiger partial charge in [-0.3, -0.25) is 4.98 Å². The summed E-state index contributed by atoms with van der Waals surface area (Å²) in [6.45, 7) is 0. The number of hydrogen-bond acceptors (Lipinski definition) is 3. The summed E-state index contributed by atoms with van der Waals surface area (Å²) in [5.41, 5.74) is -0.433. The number of nitriles is 1. The van der Waals surface area contributed by atoms with Crippen LogP contribution in [-0.4, -0.2) is 10.7 Å². The molecule has 2 aromatic rings. The average Bonchev–Trinajstić information content (AvgIpc) is 2.34. The van der Waals surface area contributed by atoms with Crippen LogP contribution in [0.1, 0.15) is 5.56 Å². The molecule has 2 nitrogen and oxygen atoms in total. The lowest BCUT2D eigenvalue weighted by atomic mass is 10.1. The summed E-state index contributed by atoms with van der Waals surface area (Å²) in [6.07, 6.45) is -2.92. The highest BCUT2D eigenvalue weighted by Gasteiger charge is 2.30. The summed E-state index contributed by atoms with van der Waals surface area (Å²) >= 11 is 1.28. The van der Waals surface area contributed by atoms with Gasteiger partial charge in [0.1, 0.15) is 0 Å². The molecule has 1 heterocycles. The number of aromatic nitrogens is 1. The Bertz CT molecular complexity index is 617. The molecular weight excluding hydrogens is 261 g/mol. The van der Waals surface area contributed by atoms with Crippen molar-refractivity contribution in [2.75, 3.05) is 5.75 Å². The standard InChI is InChI=1S/C12H7F3N2S/c13-12(14,15)8-1-2-9-10(7-8)17-5-3-11(9)18-6-4-16/h1-3,5,7H,6H2. The minimum absolute atomic E-state index is 0.250. The fourth-order valence-electron chi connectivity index (χ4n) is 1.53. The Hall–Kier alpha value is -1.74. The number of pyridine rings is 1. The summed E-state index contributed by atoms with van der Waals surface area (Å²) in [7, 11) is 0. The van der Waals surface area contributed by atoms with Crippen LogP contribution in [0.2, 0.25) is 0 Å². The van der Waals surface area contributed by atoms with E-state index >= 15 is 0 Å². The van der Waals surface area contributed by atoms with Crippen molar-refractivity contribution in [1.29, 1.82) is 5.26 Å². The number of alkyl halides is 3. The fraction of sp³-hybridized carbons (Fsp3) is 0.167. The molecule has 0 bridgehead atoms. The molecule has 0 N–H and O–H groups in total. The first-order valence-corrected chi connectivity index (χ1v) is 5.96. The Balaban J connectivity index is 2.50. The third kappa shape index (κ3) is 2.57. The molecule has 0 fully saturated rings. The van der Waals surface area contributed by atoms with Gasteiger partial charge in [-0.1, -0.05) is 6.07 Å². The van der Waals surface area contributed by atoms with Gasteiger partial charge in [-0.15, -0.1) is 11.8 Å². The molecule has 1 aromatic heterocycles. The molecule has 0 radical (unpaired) electrons. The molecule has 0 saturated heterocycles. The van der Waals surface area contributed by atoms with Crippen molar-refractivity contribution in [3.8, 4) is 6.07 Å². The van der Waals surface area contributed by atoms with Crippen molar-refractivity contribution >= 4 is 22.7 Å². The smallest absolute Gasteiger partial charge is 0.256 e. The van der Waals surface area contributed by atoms with Crippen LogP contribution in [0.5, 0.6) is 0 Å². The SMILES string of the molecule is N#CCSc1ccnc2cc(C(F)(F)F)ccc12. The molecule has 18 heavy (non-hydrogen) atoms. The first-order valence-electron chi connectivity index (χ1n) is 4.98. The third-order valence-electron chi connectivity index (χ3n) is 2.32. The number of hydrogen-bond donors (Lipinski definition) is 0. The van der Waals surface area contributed by atoms with Crippen LogP contribution >= 0.6 is 11.8 Å². The van der Waals surface area contributed by atoms with Crippen molar-refractivity contribution in [2.45, 2.75) is 11.1 Å². The molecular formula is C12H7F3N2S. The van der Waals surface area contributed by atoms with Gasteiger partial charge in [0.05, 0.1) is 22.9 Å². The quantitative estimate of drug-likeness (QED) is 0.776. The predicted molar refractivity (Wildman–Crippen MR) is 63.1 cm³/mol. The number of fused-ring (bicyclic) bond motifs is 1. The topological polar surface area (TPSA) is 36.7 Å². The first-order chi connectivity index (χ1) is 8.52. The van der Waals surface area contributed by atoms with Crippen LogP contribution in [0.4, 0.5) is 13.2 Å². The van der Waals surface area contributed by atoms with E-state index < -0.39 is 11.7 Å². The third-order valence-corrected chi connectivity index (χ3v) is 3.26. The van der Waals surface area contributed by atoms with Crippen LogP contribution in [0.25, 0.3) is 10.9 Å². The van der Waals surface area contributed by atoms with Crippen LogP contribution < -0.4 is 0 Å². The fourth-order valence-corrected chi connectivity index (χ4v) is 2.24. The van der Waals surface area contributed by atoms with Crippen molar-refractivity contribution < 1.29 is 13.2 Å². The van der Waals surface area contributed by atoms with E-state index in [-0.39, 0.29) is 11.3 Å². The van der Waals surface area contributed by atoms with Gasteiger partial charge in [0.2, 0.25) is 0 Å². The Labute approximate surface area is 105 Å². The lowest BCUT2D eigenvalue weighted by molar-refractivity contribution is -0.137. The highest BCUT2D eigenvalue weighted by Crippen LogP contribution is 2.33. The van der Waals surface area contributed by atoms with Gasteiger partial charge in [0, 0.05) is 16.5 Å². The van der Waals surface area contributed by atoms with Gasteiger partial charge in [0.25, 0.3) is 0 Å². The van der Waals surface area contributed by atoms with Crippen LogP contribution in [0, 0.1) is 11.3 Å². The number of thioether (sulfide) groups is 1. The van der Waals surface area contributed by atoms with E-state index in [0.717, 1.165) is 17.0 Å². The Morgan fingerprint density at radius 1 is 1.28 bits per heavy atom. The summed E-state index contributed by atoms with van der Waals surface area (Å²) in [6, 6.07) is 7.11. The Kier molecular flexibility index (Phi) is 3.43. The lowest BCUT2D eigenvalue weighted by Gasteiger charge is -2.08. The predicted octanol–water partition coefficient (Wildman–Crippen LogP) is 3.87. The van der Waals surface area contributed by atoms with Gasteiger partial charge in [-0.25, -0.2) is 0 Å². The lowest BCUT2D eigenvalue weighted by Crippen LogP contribution is -2.04. The molecule has 0 spiro atoms. The van der Waals surface area contributed by atoms with E-state index in [1.54, 1.807) is 6.07 Å². The zero-order chi connectivity index (χ0) is 13.2. The maximum absolute atomic E-state index is 12.5. The molecule has 0 aliphatic rings. The number of halogens is 3. The molecule has 2 rings (SSSR count). The highest BCUT2D eigenvalue weighted by molar-refractivity contribution is 7.99. The van der Waals surface area contributed by atoms with Crippen LogP contribution in [0.3, 0.4) is 0 Å².